The number of hydrogen-bond donors (Lipinski definition) is 0. The predicted octanol–water partition coefficient (Wildman–Crippen LogP) is 11.0. The minimum Gasteiger partial charge on any atom is -0.309 e. The highest BCUT2D eigenvalue weighted by atomic mass is 15.0. The smallest absolute Gasteiger partial charge is 0.0998 e. The van der Waals surface area contributed by atoms with Gasteiger partial charge < -0.3 is 9.13 Å². The van der Waals surface area contributed by atoms with Crippen LogP contribution in [-0.2, 0) is 0 Å². The van der Waals surface area contributed by atoms with Crippen LogP contribution >= 0.6 is 0 Å². The third kappa shape index (κ3) is 4.14. The van der Waals surface area contributed by atoms with Crippen molar-refractivity contribution in [3.8, 4) is 45.8 Å². The minimum absolute atomic E-state index is 0.620. The van der Waals surface area contributed by atoms with Crippen LogP contribution in [0.15, 0.2) is 158 Å². The molecule has 222 valence electrons. The Labute approximate surface area is 277 Å². The van der Waals surface area contributed by atoms with Crippen molar-refractivity contribution in [2.45, 2.75) is 0 Å². The van der Waals surface area contributed by atoms with Crippen molar-refractivity contribution >= 4 is 43.6 Å². The van der Waals surface area contributed by atoms with Gasteiger partial charge in [-0.05, 0) is 71.8 Å². The highest BCUT2D eigenvalue weighted by Gasteiger charge is 2.18. The summed E-state index contributed by atoms with van der Waals surface area (Å²) in [4.78, 5) is 0. The lowest BCUT2D eigenvalue weighted by molar-refractivity contribution is 1.18. The van der Waals surface area contributed by atoms with Gasteiger partial charge in [-0.3, -0.25) is 0 Å². The van der Waals surface area contributed by atoms with E-state index < -0.39 is 0 Å². The molecule has 0 bridgehead atoms. The Morgan fingerprint density at radius 2 is 1.00 bits per heavy atom. The van der Waals surface area contributed by atoms with Gasteiger partial charge in [0.1, 0.15) is 0 Å². The normalized spacial score (nSPS) is 11.3. The minimum atomic E-state index is 0.620. The molecule has 0 atom stereocenters. The molecule has 48 heavy (non-hydrogen) atoms. The molecule has 2 heterocycles. The number of rotatable bonds is 4. The Hall–Kier alpha value is -6.88. The van der Waals surface area contributed by atoms with Crippen molar-refractivity contribution in [2.24, 2.45) is 0 Å². The molecule has 7 aromatic carbocycles. The number of fused-ring (bicyclic) bond motifs is 6. The topological polar surface area (TPSA) is 57.4 Å². The quantitative estimate of drug-likeness (QED) is 0.199. The second-order valence-corrected chi connectivity index (χ2v) is 12.0. The summed E-state index contributed by atoms with van der Waals surface area (Å²) in [7, 11) is 0. The summed E-state index contributed by atoms with van der Waals surface area (Å²) in [5.74, 6) is 0. The Morgan fingerprint density at radius 3 is 1.69 bits per heavy atom. The van der Waals surface area contributed by atoms with E-state index in [9.17, 15) is 10.5 Å². The first-order chi connectivity index (χ1) is 23.7. The van der Waals surface area contributed by atoms with E-state index in [4.69, 9.17) is 0 Å². The zero-order chi connectivity index (χ0) is 32.2. The van der Waals surface area contributed by atoms with Gasteiger partial charge in [-0.2, -0.15) is 10.5 Å². The highest BCUT2D eigenvalue weighted by Crippen LogP contribution is 2.39. The summed E-state index contributed by atoms with van der Waals surface area (Å²) in [6.07, 6.45) is 0. The van der Waals surface area contributed by atoms with Crippen LogP contribution in [0.25, 0.3) is 77.2 Å². The first-order valence-corrected chi connectivity index (χ1v) is 15.9. The van der Waals surface area contributed by atoms with E-state index in [2.05, 4.69) is 137 Å². The summed E-state index contributed by atoms with van der Waals surface area (Å²) in [6.45, 7) is 0. The summed E-state index contributed by atoms with van der Waals surface area (Å²) in [5, 5.41) is 24.7. The maximum atomic E-state index is 10.3. The molecule has 0 unspecified atom stereocenters. The Balaban J connectivity index is 1.24. The number of nitriles is 2. The second kappa shape index (κ2) is 10.9. The maximum absolute atomic E-state index is 10.3. The van der Waals surface area contributed by atoms with E-state index in [0.29, 0.717) is 11.1 Å². The fraction of sp³-hybridized carbons (Fsp3) is 0. The Morgan fingerprint density at radius 1 is 0.396 bits per heavy atom. The highest BCUT2D eigenvalue weighted by molar-refractivity contribution is 6.10. The van der Waals surface area contributed by atoms with Gasteiger partial charge in [0.2, 0.25) is 0 Å². The molecule has 0 saturated heterocycles. The first kappa shape index (κ1) is 27.4. The molecule has 4 nitrogen and oxygen atoms in total. The number of para-hydroxylation sites is 4. The maximum Gasteiger partial charge on any atom is 0.0998 e. The van der Waals surface area contributed by atoms with Crippen molar-refractivity contribution in [1.29, 1.82) is 10.5 Å². The van der Waals surface area contributed by atoms with Crippen LogP contribution in [0.1, 0.15) is 11.1 Å². The molecule has 0 aliphatic carbocycles. The lowest BCUT2D eigenvalue weighted by Crippen LogP contribution is -1.98. The van der Waals surface area contributed by atoms with Gasteiger partial charge in [-0.1, -0.05) is 97.1 Å². The van der Waals surface area contributed by atoms with Crippen molar-refractivity contribution in [2.75, 3.05) is 0 Å². The van der Waals surface area contributed by atoms with E-state index in [1.165, 1.54) is 10.8 Å². The summed E-state index contributed by atoms with van der Waals surface area (Å²) < 4.78 is 4.54. The molecule has 0 radical (unpaired) electrons. The molecule has 9 aromatic rings. The van der Waals surface area contributed by atoms with Crippen molar-refractivity contribution in [1.82, 2.24) is 9.13 Å². The van der Waals surface area contributed by atoms with Gasteiger partial charge in [-0.25, -0.2) is 0 Å². The van der Waals surface area contributed by atoms with Crippen LogP contribution in [0.3, 0.4) is 0 Å². The van der Waals surface area contributed by atoms with Gasteiger partial charge in [0, 0.05) is 38.4 Å². The Kier molecular flexibility index (Phi) is 6.22. The lowest BCUT2D eigenvalue weighted by Gasteiger charge is -2.16. The third-order valence-corrected chi connectivity index (χ3v) is 9.40. The zero-order valence-corrected chi connectivity index (χ0v) is 25.8. The molecule has 4 heteroatoms. The van der Waals surface area contributed by atoms with E-state index in [1.54, 1.807) is 0 Å². The van der Waals surface area contributed by atoms with E-state index in [-0.39, 0.29) is 0 Å². The SMILES string of the molecule is N#Cc1ccc2c3ccccc3n(-c3cccc(-c4ccc(C#N)c(-c5ccccc5-n5c6ccccc6c6ccccc65)c4)c3)c2c1. The lowest BCUT2D eigenvalue weighted by atomic mass is 9.93. The van der Waals surface area contributed by atoms with Gasteiger partial charge in [0.15, 0.2) is 0 Å². The van der Waals surface area contributed by atoms with Crippen molar-refractivity contribution in [3.63, 3.8) is 0 Å². The molecule has 9 rings (SSSR count). The molecule has 0 aliphatic rings. The third-order valence-electron chi connectivity index (χ3n) is 9.40. The molecular weight excluding hydrogens is 585 g/mol. The number of nitrogens with zero attached hydrogens (tertiary/aromatic N) is 4. The zero-order valence-electron chi connectivity index (χ0n) is 25.8. The molecule has 0 spiro atoms. The number of hydrogen-bond acceptors (Lipinski definition) is 2. The molecule has 0 N–H and O–H groups in total. The van der Waals surface area contributed by atoms with Gasteiger partial charge in [-0.15, -0.1) is 0 Å². The molecule has 0 fully saturated rings. The van der Waals surface area contributed by atoms with Gasteiger partial charge in [0.25, 0.3) is 0 Å². The summed E-state index contributed by atoms with van der Waals surface area (Å²) in [6, 6.07) is 58.9. The van der Waals surface area contributed by atoms with Crippen LogP contribution in [0.2, 0.25) is 0 Å². The van der Waals surface area contributed by atoms with Gasteiger partial charge in [0.05, 0.1) is 51.0 Å². The van der Waals surface area contributed by atoms with Crippen LogP contribution in [0, 0.1) is 22.7 Å². The standard InChI is InChI=1S/C44H26N4/c45-27-29-20-23-38-36-14-1-5-16-40(36)47(44(38)24-29)33-11-9-10-30(25-33)31-21-22-32(28-46)39(26-31)37-15-4-8-19-43(37)48-41-17-6-2-12-34(41)35-13-3-7-18-42(35)48/h1-26H. The molecule has 0 aliphatic heterocycles. The van der Waals surface area contributed by atoms with Crippen LogP contribution in [0.5, 0.6) is 0 Å². The fourth-order valence-electron chi connectivity index (χ4n) is 7.27. The largest absolute Gasteiger partial charge is 0.309 e. The fourth-order valence-corrected chi connectivity index (χ4v) is 7.27. The summed E-state index contributed by atoms with van der Waals surface area (Å²) in [5.41, 5.74) is 11.5. The molecule has 0 amide bonds. The van der Waals surface area contributed by atoms with Crippen LogP contribution < -0.4 is 0 Å². The first-order valence-electron chi connectivity index (χ1n) is 15.9. The molecular formula is C44H26N4. The summed E-state index contributed by atoms with van der Waals surface area (Å²) >= 11 is 0. The molecule has 2 aromatic heterocycles. The van der Waals surface area contributed by atoms with Crippen molar-refractivity contribution in [3.05, 3.63) is 169 Å². The second-order valence-electron chi connectivity index (χ2n) is 12.0. The van der Waals surface area contributed by atoms with Crippen LogP contribution in [0.4, 0.5) is 0 Å². The van der Waals surface area contributed by atoms with Crippen LogP contribution in [-0.4, -0.2) is 9.13 Å². The van der Waals surface area contributed by atoms with E-state index in [0.717, 1.165) is 66.5 Å². The van der Waals surface area contributed by atoms with E-state index in [1.807, 2.05) is 42.5 Å². The number of aromatic nitrogens is 2. The monoisotopic (exact) mass is 610 g/mol. The Bertz CT molecular complexity index is 2760. The van der Waals surface area contributed by atoms with Gasteiger partial charge >= 0.3 is 0 Å². The van der Waals surface area contributed by atoms with E-state index >= 15 is 0 Å². The average molecular weight is 611 g/mol. The van der Waals surface area contributed by atoms with Crippen molar-refractivity contribution < 1.29 is 0 Å². The average Bonchev–Trinajstić information content (AvgIpc) is 3.67. The molecule has 0 saturated carbocycles. The number of benzene rings is 7. The predicted molar refractivity (Wildman–Crippen MR) is 195 cm³/mol.